The molecule has 7 nitrogen and oxygen atoms in total. The summed E-state index contributed by atoms with van der Waals surface area (Å²) in [5.74, 6) is 0.482. The molecule has 0 radical (unpaired) electrons. The lowest BCUT2D eigenvalue weighted by Gasteiger charge is -2.36. The van der Waals surface area contributed by atoms with Gasteiger partial charge in [0.2, 0.25) is 10.0 Å². The van der Waals surface area contributed by atoms with Gasteiger partial charge in [0.15, 0.2) is 0 Å². The van der Waals surface area contributed by atoms with Crippen LogP contribution < -0.4 is 9.46 Å². The molecule has 5 rings (SSSR count). The molecule has 0 spiro atoms. The highest BCUT2D eigenvalue weighted by molar-refractivity contribution is 7.93. The fraction of sp³-hybridized carbons (Fsp3) is 0.516. The number of carbonyl (C=O) groups excluding carboxylic acids is 1. The summed E-state index contributed by atoms with van der Waals surface area (Å²) in [4.78, 5) is 14.5. The molecule has 1 saturated heterocycles. The number of nitrogens with zero attached hydrogens (tertiary/aromatic N) is 1. The second kappa shape index (κ2) is 11.4. The van der Waals surface area contributed by atoms with Crippen LogP contribution in [0.5, 0.6) is 5.75 Å². The van der Waals surface area contributed by atoms with Crippen LogP contribution in [-0.2, 0) is 27.1 Å². The molecule has 1 amide bonds. The second-order valence-electron chi connectivity index (χ2n) is 12.7. The number of sulfonamides is 1. The van der Waals surface area contributed by atoms with Crippen molar-refractivity contribution < 1.29 is 49.0 Å². The molecule has 2 aromatic carbocycles. The summed E-state index contributed by atoms with van der Waals surface area (Å²) in [7, 11) is -2.07. The van der Waals surface area contributed by atoms with Gasteiger partial charge in [0.05, 0.1) is 29.5 Å². The van der Waals surface area contributed by atoms with Crippen LogP contribution in [0.2, 0.25) is 0 Å². The van der Waals surface area contributed by atoms with Crippen molar-refractivity contribution in [3.05, 3.63) is 64.2 Å². The third-order valence-corrected chi connectivity index (χ3v) is 10.5. The fourth-order valence-corrected chi connectivity index (χ4v) is 7.41. The number of halogens is 6. The number of anilines is 1. The molecule has 1 heterocycles. The van der Waals surface area contributed by atoms with Crippen LogP contribution in [0.15, 0.2) is 42.0 Å². The van der Waals surface area contributed by atoms with Crippen LogP contribution in [0.25, 0.3) is 5.57 Å². The van der Waals surface area contributed by atoms with E-state index in [1.54, 1.807) is 18.2 Å². The Hall–Kier alpha value is -3.42. The lowest BCUT2D eigenvalue weighted by Crippen LogP contribution is -2.35. The van der Waals surface area contributed by atoms with E-state index in [1.807, 2.05) is 0 Å². The summed E-state index contributed by atoms with van der Waals surface area (Å²) in [6.07, 6.45) is -9.32. The van der Waals surface area contributed by atoms with E-state index >= 15 is 0 Å². The van der Waals surface area contributed by atoms with Gasteiger partial charge in [-0.3, -0.25) is 9.62 Å². The van der Waals surface area contributed by atoms with Crippen LogP contribution in [0, 0.1) is 5.41 Å². The first kappa shape index (κ1) is 33.0. The van der Waals surface area contributed by atoms with E-state index in [0.29, 0.717) is 54.8 Å². The highest BCUT2D eigenvalue weighted by atomic mass is 32.2. The normalized spacial score (nSPS) is 22.4. The van der Waals surface area contributed by atoms with Crippen LogP contribution in [0.4, 0.5) is 36.8 Å². The van der Waals surface area contributed by atoms with Gasteiger partial charge in [0.1, 0.15) is 11.9 Å². The maximum atomic E-state index is 13.5. The molecule has 1 aliphatic heterocycles. The monoisotopic (exact) mass is 660 g/mol. The van der Waals surface area contributed by atoms with Gasteiger partial charge in [-0.25, -0.2) is 13.2 Å². The van der Waals surface area contributed by atoms with Gasteiger partial charge < -0.3 is 9.47 Å². The summed E-state index contributed by atoms with van der Waals surface area (Å²) in [6, 6.07) is 5.24. The topological polar surface area (TPSA) is 84.9 Å². The highest BCUT2D eigenvalue weighted by Gasteiger charge is 2.44. The van der Waals surface area contributed by atoms with Gasteiger partial charge in [0.25, 0.3) is 0 Å². The number of alkyl halides is 6. The van der Waals surface area contributed by atoms with Crippen molar-refractivity contribution >= 4 is 27.4 Å². The SMILES string of the molecule is COc1ccc(NS(=O)(=O)C2CC2)cc1C1=C(CN2C(=O)OC(c3cc(C(F)(F)F)cc(C(F)(F)F)c3)[C@@H]2C)CC(C)(C)CC1. The third-order valence-electron chi connectivity index (χ3n) is 8.61. The zero-order chi connectivity index (χ0) is 33.1. The van der Waals surface area contributed by atoms with Crippen LogP contribution in [-0.4, -0.2) is 44.4 Å². The molecule has 1 saturated carbocycles. The number of benzene rings is 2. The van der Waals surface area contributed by atoms with Crippen LogP contribution in [0.1, 0.15) is 81.2 Å². The van der Waals surface area contributed by atoms with Crippen molar-refractivity contribution in [3.63, 3.8) is 0 Å². The highest BCUT2D eigenvalue weighted by Crippen LogP contribution is 2.47. The Morgan fingerprint density at radius 2 is 1.64 bits per heavy atom. The summed E-state index contributed by atoms with van der Waals surface area (Å²) < 4.78 is 120. The van der Waals surface area contributed by atoms with Crippen molar-refractivity contribution in [1.82, 2.24) is 4.90 Å². The van der Waals surface area contributed by atoms with E-state index in [1.165, 1.54) is 18.9 Å². The molecular weight excluding hydrogens is 626 g/mol. The number of hydrogen-bond acceptors (Lipinski definition) is 5. The van der Waals surface area contributed by atoms with E-state index in [0.717, 1.165) is 17.6 Å². The Labute approximate surface area is 257 Å². The molecule has 2 atom stereocenters. The number of ether oxygens (including phenoxy) is 2. The Bertz CT molecular complexity index is 1600. The first-order valence-corrected chi connectivity index (χ1v) is 16.0. The van der Waals surface area contributed by atoms with Crippen molar-refractivity contribution in [3.8, 4) is 5.75 Å². The molecule has 2 fully saturated rings. The molecule has 0 bridgehead atoms. The molecule has 2 aromatic rings. The Morgan fingerprint density at radius 1 is 1.02 bits per heavy atom. The van der Waals surface area contributed by atoms with Crippen molar-refractivity contribution in [2.75, 3.05) is 18.4 Å². The average Bonchev–Trinajstić information content (AvgIpc) is 3.75. The molecule has 45 heavy (non-hydrogen) atoms. The smallest absolute Gasteiger partial charge is 0.416 e. The molecule has 14 heteroatoms. The molecule has 2 aliphatic carbocycles. The standard InChI is InChI=1S/C31H34F6N2O5S/c1-17-27(18-11-20(30(32,33)34)13-21(12-18)31(35,36)37)44-28(40)39(17)16-19-15-29(2,3)10-9-24(19)25-14-22(5-8-26(25)43-4)38-45(41,42)23-6-7-23/h5,8,11-14,17,23,27,38H,6-7,9-10,15-16H2,1-4H3/t17-,27?/m0/s1. The lowest BCUT2D eigenvalue weighted by atomic mass is 9.72. The molecule has 246 valence electrons. The van der Waals surface area contributed by atoms with E-state index < -0.39 is 62.6 Å². The summed E-state index contributed by atoms with van der Waals surface area (Å²) in [6.45, 7) is 5.63. The number of rotatable bonds is 8. The van der Waals surface area contributed by atoms with Gasteiger partial charge in [0, 0.05) is 17.8 Å². The predicted octanol–water partition coefficient (Wildman–Crippen LogP) is 8.18. The number of cyclic esters (lactones) is 1. The molecular formula is C31H34F6N2O5S. The number of amides is 1. The quantitative estimate of drug-likeness (QED) is 0.289. The van der Waals surface area contributed by atoms with E-state index in [4.69, 9.17) is 9.47 Å². The zero-order valence-corrected chi connectivity index (χ0v) is 25.9. The van der Waals surface area contributed by atoms with Gasteiger partial charge >= 0.3 is 18.4 Å². The van der Waals surface area contributed by atoms with Crippen LogP contribution >= 0.6 is 0 Å². The Kier molecular flexibility index (Phi) is 8.37. The van der Waals surface area contributed by atoms with E-state index in [9.17, 15) is 39.6 Å². The second-order valence-corrected chi connectivity index (χ2v) is 14.7. The van der Waals surface area contributed by atoms with Gasteiger partial charge in [-0.15, -0.1) is 0 Å². The van der Waals surface area contributed by atoms with Gasteiger partial charge in [-0.05, 0) is 97.6 Å². The largest absolute Gasteiger partial charge is 0.496 e. The minimum Gasteiger partial charge on any atom is -0.496 e. The average molecular weight is 661 g/mol. The lowest BCUT2D eigenvalue weighted by molar-refractivity contribution is -0.143. The van der Waals surface area contributed by atoms with Gasteiger partial charge in [-0.2, -0.15) is 26.3 Å². The maximum Gasteiger partial charge on any atom is 0.416 e. The fourth-order valence-electron chi connectivity index (χ4n) is 6.03. The number of allylic oxidation sites excluding steroid dienone is 1. The van der Waals surface area contributed by atoms with Crippen LogP contribution in [0.3, 0.4) is 0 Å². The predicted molar refractivity (Wildman–Crippen MR) is 155 cm³/mol. The van der Waals surface area contributed by atoms with E-state index in [-0.39, 0.29) is 18.0 Å². The minimum absolute atomic E-state index is 0.00152. The zero-order valence-electron chi connectivity index (χ0n) is 25.1. The maximum absolute atomic E-state index is 13.5. The summed E-state index contributed by atoms with van der Waals surface area (Å²) in [5.41, 5.74) is -0.967. The number of methoxy groups -OCH3 is 1. The Balaban J connectivity index is 1.51. The molecule has 3 aliphatic rings. The number of nitrogens with one attached hydrogen (secondary N) is 1. The first-order valence-electron chi connectivity index (χ1n) is 14.5. The third kappa shape index (κ3) is 7.05. The molecule has 1 N–H and O–H groups in total. The summed E-state index contributed by atoms with van der Waals surface area (Å²) >= 11 is 0. The number of hydrogen-bond donors (Lipinski definition) is 1. The first-order chi connectivity index (χ1) is 20.8. The minimum atomic E-state index is -5.05. The van der Waals surface area contributed by atoms with Crippen molar-refractivity contribution in [2.45, 2.75) is 82.6 Å². The molecule has 1 unspecified atom stereocenters. The summed E-state index contributed by atoms with van der Waals surface area (Å²) in [5, 5.41) is -0.437. The Morgan fingerprint density at radius 3 is 2.20 bits per heavy atom. The van der Waals surface area contributed by atoms with E-state index in [2.05, 4.69) is 18.6 Å². The van der Waals surface area contributed by atoms with Gasteiger partial charge in [-0.1, -0.05) is 13.8 Å². The number of carbonyl (C=O) groups is 1. The molecule has 0 aromatic heterocycles. The van der Waals surface area contributed by atoms with Crippen molar-refractivity contribution in [2.24, 2.45) is 5.41 Å². The van der Waals surface area contributed by atoms with Crippen molar-refractivity contribution in [1.29, 1.82) is 0 Å².